The first-order valence-corrected chi connectivity index (χ1v) is 7.99. The van der Waals surface area contributed by atoms with E-state index in [9.17, 15) is 8.78 Å². The van der Waals surface area contributed by atoms with Crippen molar-refractivity contribution in [2.24, 2.45) is 0 Å². The van der Waals surface area contributed by atoms with Crippen LogP contribution in [0.15, 0.2) is 47.4 Å². The number of thioether (sulfide) groups is 1. The molecule has 4 heteroatoms. The Morgan fingerprint density at radius 1 is 1.05 bits per heavy atom. The largest absolute Gasteiger partial charge is 0.310 e. The second kappa shape index (κ2) is 7.57. The summed E-state index contributed by atoms with van der Waals surface area (Å²) < 4.78 is 27.1. The molecule has 1 nitrogen and oxygen atoms in total. The summed E-state index contributed by atoms with van der Waals surface area (Å²) in [6.07, 6.45) is 0. The number of hydrogen-bond acceptors (Lipinski definition) is 2. The van der Waals surface area contributed by atoms with Crippen molar-refractivity contribution in [3.8, 4) is 0 Å². The molecule has 1 N–H and O–H groups in total. The number of nitrogens with one attached hydrogen (secondary N) is 1. The van der Waals surface area contributed by atoms with Gasteiger partial charge in [0.1, 0.15) is 11.6 Å². The number of benzene rings is 2. The van der Waals surface area contributed by atoms with Crippen LogP contribution in [0.2, 0.25) is 0 Å². The molecule has 2 aromatic carbocycles. The summed E-state index contributed by atoms with van der Waals surface area (Å²) in [5.74, 6) is -0.680. The van der Waals surface area contributed by atoms with Gasteiger partial charge in [0, 0.05) is 22.3 Å². The van der Waals surface area contributed by atoms with Gasteiger partial charge in [-0.15, -0.1) is 11.8 Å². The molecule has 1 atom stereocenters. The molecule has 0 aliphatic carbocycles. The van der Waals surface area contributed by atoms with Crippen molar-refractivity contribution in [3.05, 3.63) is 65.2 Å². The van der Waals surface area contributed by atoms with Crippen LogP contribution in [0, 0.1) is 11.6 Å². The maximum absolute atomic E-state index is 13.5. The van der Waals surface area contributed by atoms with Crippen LogP contribution in [0.4, 0.5) is 8.78 Å². The van der Waals surface area contributed by atoms with Gasteiger partial charge in [-0.2, -0.15) is 0 Å². The zero-order valence-corrected chi connectivity index (χ0v) is 13.0. The van der Waals surface area contributed by atoms with Gasteiger partial charge < -0.3 is 5.32 Å². The van der Waals surface area contributed by atoms with Crippen molar-refractivity contribution in [2.75, 3.05) is 6.54 Å². The summed E-state index contributed by atoms with van der Waals surface area (Å²) in [5, 5.41) is 3.35. The maximum Gasteiger partial charge on any atom is 0.130 e. The molecule has 0 bridgehead atoms. The molecule has 0 saturated carbocycles. The van der Waals surface area contributed by atoms with Crippen molar-refractivity contribution in [1.82, 2.24) is 5.32 Å². The predicted molar refractivity (Wildman–Crippen MR) is 84.5 cm³/mol. The Bertz CT molecular complexity index is 564. The first-order valence-electron chi connectivity index (χ1n) is 7.01. The zero-order chi connectivity index (χ0) is 15.2. The van der Waals surface area contributed by atoms with Crippen molar-refractivity contribution in [2.45, 2.75) is 30.5 Å². The number of halogens is 2. The van der Waals surface area contributed by atoms with Gasteiger partial charge in [-0.05, 0) is 43.3 Å². The van der Waals surface area contributed by atoms with E-state index in [-0.39, 0.29) is 5.56 Å². The van der Waals surface area contributed by atoms with Crippen molar-refractivity contribution in [1.29, 1.82) is 0 Å². The summed E-state index contributed by atoms with van der Waals surface area (Å²) in [7, 11) is 0. The highest BCUT2D eigenvalue weighted by Gasteiger charge is 2.09. The summed E-state index contributed by atoms with van der Waals surface area (Å²) >= 11 is 1.44. The van der Waals surface area contributed by atoms with E-state index >= 15 is 0 Å². The average molecular weight is 307 g/mol. The fourth-order valence-corrected chi connectivity index (χ4v) is 3.02. The van der Waals surface area contributed by atoms with Gasteiger partial charge in [0.2, 0.25) is 0 Å². The minimum atomic E-state index is -0.486. The van der Waals surface area contributed by atoms with Gasteiger partial charge in [0.25, 0.3) is 0 Å². The molecular formula is C17H19F2NS. The van der Waals surface area contributed by atoms with Gasteiger partial charge in [-0.25, -0.2) is 8.78 Å². The summed E-state index contributed by atoms with van der Waals surface area (Å²) in [4.78, 5) is 1.00. The normalized spacial score (nSPS) is 12.4. The summed E-state index contributed by atoms with van der Waals surface area (Å²) in [5.41, 5.74) is 1.34. The topological polar surface area (TPSA) is 12.0 Å². The highest BCUT2D eigenvalue weighted by Crippen LogP contribution is 2.26. The molecule has 0 radical (unpaired) electrons. The van der Waals surface area contributed by atoms with E-state index in [1.165, 1.54) is 35.5 Å². The third-order valence-electron chi connectivity index (χ3n) is 3.34. The Labute approximate surface area is 128 Å². The quantitative estimate of drug-likeness (QED) is 0.760. The van der Waals surface area contributed by atoms with Crippen molar-refractivity contribution < 1.29 is 8.78 Å². The molecule has 2 rings (SSSR count). The molecule has 0 heterocycles. The van der Waals surface area contributed by atoms with Crippen LogP contribution in [0.5, 0.6) is 0 Å². The van der Waals surface area contributed by atoms with Crippen LogP contribution in [-0.4, -0.2) is 6.54 Å². The van der Waals surface area contributed by atoms with Crippen LogP contribution in [0.3, 0.4) is 0 Å². The van der Waals surface area contributed by atoms with Gasteiger partial charge in [-0.1, -0.05) is 25.1 Å². The molecule has 0 spiro atoms. The van der Waals surface area contributed by atoms with E-state index < -0.39 is 11.6 Å². The lowest BCUT2D eigenvalue weighted by molar-refractivity contribution is 0.566. The SMILES string of the molecule is CCNC(C)c1ccc(SCc2c(F)cccc2F)cc1. The van der Waals surface area contributed by atoms with Gasteiger partial charge >= 0.3 is 0 Å². The second-order valence-electron chi connectivity index (χ2n) is 4.84. The van der Waals surface area contributed by atoms with E-state index in [0.29, 0.717) is 11.8 Å². The van der Waals surface area contributed by atoms with Crippen molar-refractivity contribution in [3.63, 3.8) is 0 Å². The monoisotopic (exact) mass is 307 g/mol. The summed E-state index contributed by atoms with van der Waals surface area (Å²) in [6.45, 7) is 5.11. The van der Waals surface area contributed by atoms with E-state index in [0.717, 1.165) is 11.4 Å². The molecule has 1 unspecified atom stereocenters. The van der Waals surface area contributed by atoms with Gasteiger partial charge in [0.15, 0.2) is 0 Å². The van der Waals surface area contributed by atoms with Crippen molar-refractivity contribution >= 4 is 11.8 Å². The second-order valence-corrected chi connectivity index (χ2v) is 5.89. The molecule has 0 saturated heterocycles. The Kier molecular flexibility index (Phi) is 5.76. The molecule has 0 fully saturated rings. The zero-order valence-electron chi connectivity index (χ0n) is 12.2. The molecule has 0 aliphatic rings. The Hall–Kier alpha value is -1.39. The lowest BCUT2D eigenvalue weighted by atomic mass is 10.1. The first kappa shape index (κ1) is 16.0. The number of rotatable bonds is 6. The minimum Gasteiger partial charge on any atom is -0.310 e. The molecular weight excluding hydrogens is 288 g/mol. The maximum atomic E-state index is 13.5. The van der Waals surface area contributed by atoms with Crippen LogP contribution >= 0.6 is 11.8 Å². The van der Waals surface area contributed by atoms with Crippen LogP contribution < -0.4 is 5.32 Å². The number of hydrogen-bond donors (Lipinski definition) is 1. The fourth-order valence-electron chi connectivity index (χ4n) is 2.10. The molecule has 0 aromatic heterocycles. The Balaban J connectivity index is 2.01. The smallest absolute Gasteiger partial charge is 0.130 e. The van der Waals surface area contributed by atoms with Gasteiger partial charge in [-0.3, -0.25) is 0 Å². The molecule has 2 aromatic rings. The highest BCUT2D eigenvalue weighted by molar-refractivity contribution is 7.98. The van der Waals surface area contributed by atoms with Crippen LogP contribution in [0.25, 0.3) is 0 Å². The molecule has 112 valence electrons. The van der Waals surface area contributed by atoms with E-state index in [2.05, 4.69) is 19.2 Å². The van der Waals surface area contributed by atoms with E-state index in [4.69, 9.17) is 0 Å². The summed E-state index contributed by atoms with van der Waals surface area (Å²) in [6, 6.07) is 12.4. The fraction of sp³-hybridized carbons (Fsp3) is 0.294. The third kappa shape index (κ3) is 4.29. The average Bonchev–Trinajstić information content (AvgIpc) is 2.47. The van der Waals surface area contributed by atoms with Crippen LogP contribution in [0.1, 0.15) is 31.0 Å². The Morgan fingerprint density at radius 3 is 2.24 bits per heavy atom. The van der Waals surface area contributed by atoms with Gasteiger partial charge in [0.05, 0.1) is 0 Å². The molecule has 21 heavy (non-hydrogen) atoms. The molecule has 0 aliphatic heterocycles. The van der Waals surface area contributed by atoms with E-state index in [1.807, 2.05) is 24.3 Å². The lowest BCUT2D eigenvalue weighted by Crippen LogP contribution is -2.17. The molecule has 0 amide bonds. The predicted octanol–water partition coefficient (Wildman–Crippen LogP) is 4.93. The standard InChI is InChI=1S/C17H19F2NS/c1-3-20-12(2)13-7-9-14(10-8-13)21-11-15-16(18)5-4-6-17(15)19/h4-10,12,20H,3,11H2,1-2H3. The first-order chi connectivity index (χ1) is 10.1. The van der Waals surface area contributed by atoms with Crippen LogP contribution in [-0.2, 0) is 5.75 Å². The third-order valence-corrected chi connectivity index (χ3v) is 4.37. The minimum absolute atomic E-state index is 0.132. The highest BCUT2D eigenvalue weighted by atomic mass is 32.2. The lowest BCUT2D eigenvalue weighted by Gasteiger charge is -2.13. The van der Waals surface area contributed by atoms with E-state index in [1.54, 1.807) is 0 Å². The Morgan fingerprint density at radius 2 is 1.67 bits per heavy atom.